The summed E-state index contributed by atoms with van der Waals surface area (Å²) in [6.45, 7) is 6.73. The third-order valence-electron chi connectivity index (χ3n) is 3.43. The van der Waals surface area contributed by atoms with E-state index >= 15 is 0 Å². The van der Waals surface area contributed by atoms with E-state index in [-0.39, 0.29) is 5.78 Å². The van der Waals surface area contributed by atoms with E-state index < -0.39 is 0 Å². The number of ketones is 1. The van der Waals surface area contributed by atoms with Gasteiger partial charge in [-0.15, -0.1) is 0 Å². The molecule has 0 unspecified atom stereocenters. The Balaban J connectivity index is 1.92. The van der Waals surface area contributed by atoms with Crippen LogP contribution >= 0.6 is 0 Å². The minimum absolute atomic E-state index is 0.200. The van der Waals surface area contributed by atoms with E-state index in [1.165, 1.54) is 5.56 Å². The number of Topliss-reactive ketones (excluding diaryl/α,β-unsaturated/α-hetero) is 1. The first-order valence-corrected chi connectivity index (χ1v) is 6.97. The highest BCUT2D eigenvalue weighted by Gasteiger charge is 2.08. The second-order valence-electron chi connectivity index (χ2n) is 5.28. The molecule has 0 heterocycles. The molecule has 20 heavy (non-hydrogen) atoms. The number of anilines is 1. The van der Waals surface area contributed by atoms with Crippen molar-refractivity contribution in [1.82, 2.24) is 0 Å². The molecule has 0 aliphatic heterocycles. The monoisotopic (exact) mass is 267 g/mol. The molecule has 0 atom stereocenters. The Morgan fingerprint density at radius 2 is 1.60 bits per heavy atom. The van der Waals surface area contributed by atoms with Crippen molar-refractivity contribution < 1.29 is 4.79 Å². The molecule has 0 aliphatic carbocycles. The van der Waals surface area contributed by atoms with Gasteiger partial charge in [-0.2, -0.15) is 0 Å². The Hall–Kier alpha value is -2.09. The van der Waals surface area contributed by atoms with Gasteiger partial charge in [-0.1, -0.05) is 35.4 Å². The van der Waals surface area contributed by atoms with E-state index in [9.17, 15) is 4.79 Å². The third-order valence-corrected chi connectivity index (χ3v) is 3.43. The van der Waals surface area contributed by atoms with Crippen molar-refractivity contribution in [1.29, 1.82) is 0 Å². The first-order valence-electron chi connectivity index (χ1n) is 6.97. The summed E-state index contributed by atoms with van der Waals surface area (Å²) in [5.74, 6) is 0.200. The molecule has 104 valence electrons. The summed E-state index contributed by atoms with van der Waals surface area (Å²) >= 11 is 0. The average molecular weight is 267 g/mol. The van der Waals surface area contributed by atoms with Gasteiger partial charge < -0.3 is 5.32 Å². The van der Waals surface area contributed by atoms with Gasteiger partial charge in [0.25, 0.3) is 0 Å². The summed E-state index contributed by atoms with van der Waals surface area (Å²) < 4.78 is 0. The third kappa shape index (κ3) is 3.70. The zero-order valence-electron chi connectivity index (χ0n) is 12.4. The van der Waals surface area contributed by atoms with Gasteiger partial charge in [0.15, 0.2) is 5.78 Å². The van der Waals surface area contributed by atoms with Crippen molar-refractivity contribution >= 4 is 11.5 Å². The Bertz CT molecular complexity index is 599. The van der Waals surface area contributed by atoms with Crippen LogP contribution in [-0.4, -0.2) is 12.3 Å². The maximum atomic E-state index is 12.2. The number of aryl methyl sites for hydroxylation is 3. The molecule has 0 fully saturated rings. The average Bonchev–Trinajstić information content (AvgIpc) is 2.43. The van der Waals surface area contributed by atoms with Gasteiger partial charge >= 0.3 is 0 Å². The Kier molecular flexibility index (Phi) is 4.57. The number of hydrogen-bond donors (Lipinski definition) is 1. The van der Waals surface area contributed by atoms with E-state index in [0.717, 1.165) is 22.4 Å². The largest absolute Gasteiger partial charge is 0.385 e. The molecule has 0 spiro atoms. The van der Waals surface area contributed by atoms with Gasteiger partial charge in [-0.3, -0.25) is 4.79 Å². The van der Waals surface area contributed by atoms with Gasteiger partial charge in [0, 0.05) is 24.2 Å². The summed E-state index contributed by atoms with van der Waals surface area (Å²) in [6.07, 6.45) is 0.512. The smallest absolute Gasteiger partial charge is 0.164 e. The van der Waals surface area contributed by atoms with E-state index in [1.54, 1.807) is 0 Å². The lowest BCUT2D eigenvalue weighted by Crippen LogP contribution is -2.10. The van der Waals surface area contributed by atoms with E-state index in [4.69, 9.17) is 0 Å². The molecule has 0 saturated carbocycles. The van der Waals surface area contributed by atoms with Crippen LogP contribution in [0.25, 0.3) is 0 Å². The van der Waals surface area contributed by atoms with Crippen LogP contribution in [0, 0.1) is 20.8 Å². The summed E-state index contributed by atoms with van der Waals surface area (Å²) in [6, 6.07) is 14.2. The van der Waals surface area contributed by atoms with Crippen molar-refractivity contribution in [3.05, 3.63) is 64.7 Å². The van der Waals surface area contributed by atoms with Crippen molar-refractivity contribution in [2.75, 3.05) is 11.9 Å². The topological polar surface area (TPSA) is 29.1 Å². The lowest BCUT2D eigenvalue weighted by Gasteiger charge is -2.08. The van der Waals surface area contributed by atoms with Gasteiger partial charge in [0.1, 0.15) is 0 Å². The minimum atomic E-state index is 0.200. The molecule has 2 rings (SSSR count). The zero-order chi connectivity index (χ0) is 14.5. The van der Waals surface area contributed by atoms with Gasteiger partial charge in [-0.05, 0) is 44.5 Å². The minimum Gasteiger partial charge on any atom is -0.385 e. The number of carbonyl (C=O) groups excluding carboxylic acids is 1. The van der Waals surface area contributed by atoms with Crippen LogP contribution in [0.1, 0.15) is 33.5 Å². The molecule has 2 aromatic carbocycles. The van der Waals surface area contributed by atoms with E-state index in [1.807, 2.05) is 44.2 Å². The predicted octanol–water partition coefficient (Wildman–Crippen LogP) is 4.30. The fourth-order valence-corrected chi connectivity index (χ4v) is 2.16. The fraction of sp³-hybridized carbons (Fsp3) is 0.278. The van der Waals surface area contributed by atoms with Crippen molar-refractivity contribution in [3.8, 4) is 0 Å². The first kappa shape index (κ1) is 14.3. The lowest BCUT2D eigenvalue weighted by molar-refractivity contribution is 0.0986. The molecular formula is C18H21NO. The molecule has 2 heteroatoms. The molecular weight excluding hydrogens is 246 g/mol. The number of carbonyl (C=O) groups is 1. The van der Waals surface area contributed by atoms with Crippen molar-refractivity contribution in [2.45, 2.75) is 27.2 Å². The Morgan fingerprint density at radius 1 is 0.950 bits per heavy atom. The molecule has 2 nitrogen and oxygen atoms in total. The van der Waals surface area contributed by atoms with E-state index in [0.29, 0.717) is 13.0 Å². The molecule has 0 bridgehead atoms. The number of benzene rings is 2. The number of rotatable bonds is 5. The standard InChI is InChI=1S/C18H21NO/c1-13-5-8-16(9-6-13)19-11-10-18(20)17-12-14(2)4-7-15(17)3/h4-9,12,19H,10-11H2,1-3H3. The van der Waals surface area contributed by atoms with E-state index in [2.05, 4.69) is 24.4 Å². The lowest BCUT2D eigenvalue weighted by atomic mass is 10.0. The molecule has 0 saturated heterocycles. The quantitative estimate of drug-likeness (QED) is 0.818. The highest BCUT2D eigenvalue weighted by molar-refractivity contribution is 5.97. The molecule has 0 radical (unpaired) electrons. The van der Waals surface area contributed by atoms with Crippen LogP contribution in [0.3, 0.4) is 0 Å². The molecule has 0 amide bonds. The zero-order valence-corrected chi connectivity index (χ0v) is 12.4. The SMILES string of the molecule is Cc1ccc(NCCC(=O)c2cc(C)ccc2C)cc1. The maximum Gasteiger partial charge on any atom is 0.164 e. The first-order chi connectivity index (χ1) is 9.56. The highest BCUT2D eigenvalue weighted by Crippen LogP contribution is 2.14. The van der Waals surface area contributed by atoms with Crippen LogP contribution in [0.15, 0.2) is 42.5 Å². The number of hydrogen-bond acceptors (Lipinski definition) is 2. The molecule has 0 aliphatic rings. The van der Waals surface area contributed by atoms with Crippen LogP contribution in [0.5, 0.6) is 0 Å². The van der Waals surface area contributed by atoms with Crippen molar-refractivity contribution in [2.24, 2.45) is 0 Å². The second-order valence-corrected chi connectivity index (χ2v) is 5.28. The normalized spacial score (nSPS) is 10.3. The summed E-state index contributed by atoms with van der Waals surface area (Å²) in [5.41, 5.74) is 5.32. The molecule has 1 N–H and O–H groups in total. The summed E-state index contributed by atoms with van der Waals surface area (Å²) in [5, 5.41) is 3.29. The van der Waals surface area contributed by atoms with Crippen molar-refractivity contribution in [3.63, 3.8) is 0 Å². The molecule has 2 aromatic rings. The maximum absolute atomic E-state index is 12.2. The fourth-order valence-electron chi connectivity index (χ4n) is 2.16. The Morgan fingerprint density at radius 3 is 2.30 bits per heavy atom. The van der Waals surface area contributed by atoms with Crippen LogP contribution < -0.4 is 5.32 Å². The number of nitrogens with one attached hydrogen (secondary N) is 1. The Labute approximate surface area is 120 Å². The van der Waals surface area contributed by atoms with Crippen LogP contribution in [-0.2, 0) is 0 Å². The van der Waals surface area contributed by atoms with Gasteiger partial charge in [0.05, 0.1) is 0 Å². The summed E-state index contributed by atoms with van der Waals surface area (Å²) in [7, 11) is 0. The van der Waals surface area contributed by atoms with Gasteiger partial charge in [0.2, 0.25) is 0 Å². The second kappa shape index (κ2) is 6.38. The summed E-state index contributed by atoms with van der Waals surface area (Å²) in [4.78, 5) is 12.2. The molecule has 0 aromatic heterocycles. The van der Waals surface area contributed by atoms with Crippen LogP contribution in [0.4, 0.5) is 5.69 Å². The predicted molar refractivity (Wildman–Crippen MR) is 84.5 cm³/mol. The van der Waals surface area contributed by atoms with Gasteiger partial charge in [-0.25, -0.2) is 0 Å². The van der Waals surface area contributed by atoms with Crippen LogP contribution in [0.2, 0.25) is 0 Å². The highest BCUT2D eigenvalue weighted by atomic mass is 16.1.